The lowest BCUT2D eigenvalue weighted by molar-refractivity contribution is -0.384. The second-order valence-corrected chi connectivity index (χ2v) is 7.83. The van der Waals surface area contributed by atoms with Gasteiger partial charge in [0.05, 0.1) is 21.0 Å². The average Bonchev–Trinajstić information content (AvgIpc) is 3.22. The highest BCUT2D eigenvalue weighted by Gasteiger charge is 2.37. The molecular formula is C19H15ClN2O7S. The van der Waals surface area contributed by atoms with Crippen LogP contribution in [-0.2, 0) is 14.3 Å². The summed E-state index contributed by atoms with van der Waals surface area (Å²) in [4.78, 5) is 47.6. The Bertz CT molecular complexity index is 1080. The summed E-state index contributed by atoms with van der Waals surface area (Å²) in [6.45, 7) is 2.84. The number of ether oxygens (including phenoxy) is 1. The van der Waals surface area contributed by atoms with Crippen molar-refractivity contribution in [2.75, 3.05) is 6.54 Å². The Morgan fingerprint density at radius 2 is 2.07 bits per heavy atom. The molecule has 9 nitrogen and oxygen atoms in total. The normalized spacial score (nSPS) is 15.3. The van der Waals surface area contributed by atoms with Gasteiger partial charge in [-0.2, -0.15) is 0 Å². The molecule has 0 radical (unpaired) electrons. The van der Waals surface area contributed by atoms with Crippen molar-refractivity contribution >= 4 is 52.2 Å². The minimum Gasteiger partial charge on any atom is -0.462 e. The number of amides is 2. The zero-order valence-corrected chi connectivity index (χ0v) is 17.4. The van der Waals surface area contributed by atoms with Crippen molar-refractivity contribution in [2.24, 2.45) is 0 Å². The molecule has 0 atom stereocenters. The van der Waals surface area contributed by atoms with E-state index in [1.54, 1.807) is 19.9 Å². The van der Waals surface area contributed by atoms with Gasteiger partial charge in [-0.3, -0.25) is 29.4 Å². The first-order chi connectivity index (χ1) is 14.2. The third-order valence-electron chi connectivity index (χ3n) is 3.85. The number of carbonyl (C=O) groups excluding carboxylic acids is 3. The number of halogens is 1. The lowest BCUT2D eigenvalue weighted by Crippen LogP contribution is -2.35. The maximum Gasteiger partial charge on any atom is 0.326 e. The van der Waals surface area contributed by atoms with E-state index in [0.717, 1.165) is 4.90 Å². The highest BCUT2D eigenvalue weighted by molar-refractivity contribution is 8.18. The van der Waals surface area contributed by atoms with Crippen LogP contribution in [0.5, 0.6) is 0 Å². The van der Waals surface area contributed by atoms with Crippen LogP contribution >= 0.6 is 23.4 Å². The number of non-ortho nitro benzene ring substituents is 1. The molecular weight excluding hydrogens is 436 g/mol. The number of nitrogens with zero attached hydrogens (tertiary/aromatic N) is 2. The van der Waals surface area contributed by atoms with Crippen molar-refractivity contribution in [3.63, 3.8) is 0 Å². The predicted octanol–water partition coefficient (Wildman–Crippen LogP) is 4.50. The number of hydrogen-bond acceptors (Lipinski definition) is 8. The fourth-order valence-corrected chi connectivity index (χ4v) is 3.61. The topological polar surface area (TPSA) is 120 Å². The zero-order chi connectivity index (χ0) is 22.0. The Hall–Kier alpha value is -3.11. The van der Waals surface area contributed by atoms with Crippen LogP contribution in [0, 0.1) is 10.1 Å². The lowest BCUT2D eigenvalue weighted by atomic mass is 10.1. The monoisotopic (exact) mass is 450 g/mol. The fourth-order valence-electron chi connectivity index (χ4n) is 2.59. The molecule has 0 unspecified atom stereocenters. The number of imide groups is 1. The minimum atomic E-state index is -0.686. The molecule has 30 heavy (non-hydrogen) atoms. The zero-order valence-electron chi connectivity index (χ0n) is 15.8. The van der Waals surface area contributed by atoms with E-state index < -0.39 is 28.6 Å². The molecule has 2 aromatic rings. The molecule has 0 aliphatic carbocycles. The summed E-state index contributed by atoms with van der Waals surface area (Å²) in [6.07, 6.45) is 0.989. The summed E-state index contributed by atoms with van der Waals surface area (Å²) >= 11 is 6.78. The van der Waals surface area contributed by atoms with E-state index in [4.69, 9.17) is 20.8 Å². The summed E-state index contributed by atoms with van der Waals surface area (Å²) in [5.74, 6) is -0.830. The molecule has 0 spiro atoms. The Balaban J connectivity index is 1.81. The molecule has 0 saturated carbocycles. The van der Waals surface area contributed by atoms with Gasteiger partial charge in [0.15, 0.2) is 0 Å². The Kier molecular flexibility index (Phi) is 6.28. The van der Waals surface area contributed by atoms with Crippen LogP contribution in [0.3, 0.4) is 0 Å². The van der Waals surface area contributed by atoms with Gasteiger partial charge in [0, 0.05) is 23.8 Å². The number of rotatable bonds is 6. The molecule has 2 amide bonds. The third-order valence-corrected chi connectivity index (χ3v) is 5.09. The van der Waals surface area contributed by atoms with Crippen LogP contribution in [0.25, 0.3) is 17.4 Å². The van der Waals surface area contributed by atoms with E-state index >= 15 is 0 Å². The van der Waals surface area contributed by atoms with Crippen LogP contribution in [0.1, 0.15) is 19.6 Å². The molecule has 1 aliphatic rings. The molecule has 0 bridgehead atoms. The quantitative estimate of drug-likeness (QED) is 0.273. The van der Waals surface area contributed by atoms with Crippen molar-refractivity contribution in [1.29, 1.82) is 0 Å². The van der Waals surface area contributed by atoms with E-state index in [9.17, 15) is 24.5 Å². The third kappa shape index (κ3) is 4.71. The molecule has 1 aromatic carbocycles. The van der Waals surface area contributed by atoms with Crippen LogP contribution in [-0.4, -0.2) is 39.6 Å². The van der Waals surface area contributed by atoms with Crippen molar-refractivity contribution in [1.82, 2.24) is 4.90 Å². The molecule has 11 heteroatoms. The first-order valence-electron chi connectivity index (χ1n) is 8.64. The standard InChI is InChI=1S/C19H15ClN2O7S/c1-10(2)28-17(23)9-21-18(24)16(30-19(21)25)8-12-4-6-15(29-12)13-7-11(22(26)27)3-5-14(13)20/h3-8,10H,9H2,1-2H3/b16-8+. The Labute approximate surface area is 179 Å². The lowest BCUT2D eigenvalue weighted by Gasteiger charge is -2.13. The number of benzene rings is 1. The molecule has 1 aliphatic heterocycles. The predicted molar refractivity (Wildman–Crippen MR) is 110 cm³/mol. The first kappa shape index (κ1) is 21.6. The number of hydrogen-bond donors (Lipinski definition) is 0. The summed E-state index contributed by atoms with van der Waals surface area (Å²) in [6, 6.07) is 7.01. The molecule has 1 aromatic heterocycles. The molecule has 1 saturated heterocycles. The average molecular weight is 451 g/mol. The van der Waals surface area contributed by atoms with Gasteiger partial charge in [0.25, 0.3) is 16.8 Å². The smallest absolute Gasteiger partial charge is 0.326 e. The van der Waals surface area contributed by atoms with Crippen molar-refractivity contribution in [3.8, 4) is 11.3 Å². The van der Waals surface area contributed by atoms with E-state index in [-0.39, 0.29) is 33.2 Å². The Morgan fingerprint density at radius 3 is 2.73 bits per heavy atom. The van der Waals surface area contributed by atoms with E-state index in [1.807, 2.05) is 0 Å². The van der Waals surface area contributed by atoms with Crippen LogP contribution in [0.15, 0.2) is 39.7 Å². The SMILES string of the molecule is CC(C)OC(=O)CN1C(=O)S/C(=C/c2ccc(-c3cc([N+](=O)[O-])ccc3Cl)o2)C1=O. The summed E-state index contributed by atoms with van der Waals surface area (Å²) in [5, 5.41) is 10.6. The summed E-state index contributed by atoms with van der Waals surface area (Å²) < 4.78 is 10.6. The van der Waals surface area contributed by atoms with Gasteiger partial charge in [-0.15, -0.1) is 0 Å². The molecule has 156 valence electrons. The molecule has 3 rings (SSSR count). The minimum absolute atomic E-state index is 0.0726. The number of carbonyl (C=O) groups is 3. The molecule has 1 fully saturated rings. The van der Waals surface area contributed by atoms with Gasteiger partial charge in [0.1, 0.15) is 18.1 Å². The maximum atomic E-state index is 12.5. The van der Waals surface area contributed by atoms with E-state index in [1.165, 1.54) is 30.3 Å². The van der Waals surface area contributed by atoms with E-state index in [0.29, 0.717) is 17.3 Å². The van der Waals surface area contributed by atoms with Crippen LogP contribution in [0.4, 0.5) is 10.5 Å². The summed E-state index contributed by atoms with van der Waals surface area (Å²) in [7, 11) is 0. The number of nitro benzene ring substituents is 1. The van der Waals surface area contributed by atoms with Gasteiger partial charge >= 0.3 is 5.97 Å². The van der Waals surface area contributed by atoms with Gasteiger partial charge in [-0.1, -0.05) is 11.6 Å². The van der Waals surface area contributed by atoms with E-state index in [2.05, 4.69) is 0 Å². The van der Waals surface area contributed by atoms with Crippen molar-refractivity contribution in [2.45, 2.75) is 20.0 Å². The van der Waals surface area contributed by atoms with Crippen LogP contribution in [0.2, 0.25) is 5.02 Å². The van der Waals surface area contributed by atoms with Gasteiger partial charge in [-0.05, 0) is 43.8 Å². The largest absolute Gasteiger partial charge is 0.462 e. The fraction of sp³-hybridized carbons (Fsp3) is 0.211. The number of thioether (sulfide) groups is 1. The second-order valence-electron chi connectivity index (χ2n) is 6.43. The van der Waals surface area contributed by atoms with Gasteiger partial charge in [0.2, 0.25) is 0 Å². The van der Waals surface area contributed by atoms with Crippen molar-refractivity contribution in [3.05, 3.63) is 56.1 Å². The first-order valence-corrected chi connectivity index (χ1v) is 9.84. The maximum absolute atomic E-state index is 12.5. The van der Waals surface area contributed by atoms with Gasteiger partial charge in [-0.25, -0.2) is 0 Å². The highest BCUT2D eigenvalue weighted by atomic mass is 35.5. The number of esters is 1. The summed E-state index contributed by atoms with van der Waals surface area (Å²) in [5.41, 5.74) is 0.164. The highest BCUT2D eigenvalue weighted by Crippen LogP contribution is 2.35. The molecule has 0 N–H and O–H groups in total. The second kappa shape index (κ2) is 8.72. The Morgan fingerprint density at radius 1 is 1.33 bits per heavy atom. The molecule has 2 heterocycles. The number of nitro groups is 1. The van der Waals surface area contributed by atoms with Crippen molar-refractivity contribution < 1.29 is 28.5 Å². The van der Waals surface area contributed by atoms with Crippen LogP contribution < -0.4 is 0 Å². The van der Waals surface area contributed by atoms with Gasteiger partial charge < -0.3 is 9.15 Å². The number of furan rings is 1.